The minimum absolute atomic E-state index is 0.124. The van der Waals surface area contributed by atoms with E-state index in [9.17, 15) is 4.79 Å². The number of nitrogens with one attached hydrogen (secondary N) is 2. The van der Waals surface area contributed by atoms with E-state index in [1.807, 2.05) is 41.4 Å². The molecular formula is C19H18ClN3O. The smallest absolute Gasteiger partial charge is 0.244 e. The van der Waals surface area contributed by atoms with Crippen molar-refractivity contribution in [1.29, 1.82) is 0 Å². The van der Waals surface area contributed by atoms with Crippen molar-refractivity contribution in [2.24, 2.45) is 0 Å². The summed E-state index contributed by atoms with van der Waals surface area (Å²) in [6.45, 7) is 1.41. The highest BCUT2D eigenvalue weighted by Gasteiger charge is 2.32. The van der Waals surface area contributed by atoms with E-state index >= 15 is 0 Å². The van der Waals surface area contributed by atoms with Crippen molar-refractivity contribution >= 4 is 34.1 Å². The molecule has 0 aliphatic carbocycles. The van der Waals surface area contributed by atoms with E-state index in [1.165, 1.54) is 10.9 Å². The monoisotopic (exact) mass is 339 g/mol. The van der Waals surface area contributed by atoms with Gasteiger partial charge in [0, 0.05) is 40.9 Å². The van der Waals surface area contributed by atoms with Gasteiger partial charge in [0.2, 0.25) is 5.91 Å². The largest absolute Gasteiger partial charge is 0.361 e. The van der Waals surface area contributed by atoms with Gasteiger partial charge in [0.15, 0.2) is 0 Å². The summed E-state index contributed by atoms with van der Waals surface area (Å²) in [5.41, 5.74) is 3.22. The number of aromatic amines is 1. The van der Waals surface area contributed by atoms with Crippen LogP contribution in [0, 0.1) is 0 Å². The number of anilines is 1. The van der Waals surface area contributed by atoms with E-state index in [1.54, 1.807) is 0 Å². The minimum Gasteiger partial charge on any atom is -0.361 e. The molecule has 2 heterocycles. The van der Waals surface area contributed by atoms with Crippen LogP contribution < -0.4 is 10.2 Å². The Labute approximate surface area is 145 Å². The van der Waals surface area contributed by atoms with Crippen LogP contribution in [-0.2, 0) is 11.3 Å². The number of nitrogens with zero attached hydrogens (tertiary/aromatic N) is 1. The molecule has 2 N–H and O–H groups in total. The molecule has 0 unspecified atom stereocenters. The van der Waals surface area contributed by atoms with Gasteiger partial charge < -0.3 is 15.2 Å². The fourth-order valence-corrected chi connectivity index (χ4v) is 3.41. The fraction of sp³-hybridized carbons (Fsp3) is 0.211. The van der Waals surface area contributed by atoms with Crippen LogP contribution in [0.5, 0.6) is 0 Å². The van der Waals surface area contributed by atoms with E-state index < -0.39 is 0 Å². The lowest BCUT2D eigenvalue weighted by Gasteiger charge is -2.17. The van der Waals surface area contributed by atoms with Crippen LogP contribution in [0.15, 0.2) is 54.7 Å². The van der Waals surface area contributed by atoms with Crippen molar-refractivity contribution in [2.45, 2.75) is 19.0 Å². The third-order valence-corrected chi connectivity index (χ3v) is 4.82. The third kappa shape index (κ3) is 2.79. The van der Waals surface area contributed by atoms with Crippen molar-refractivity contribution in [3.63, 3.8) is 0 Å². The molecule has 1 saturated heterocycles. The number of hydrogen-bond donors (Lipinski definition) is 2. The van der Waals surface area contributed by atoms with Crippen molar-refractivity contribution in [3.8, 4) is 0 Å². The maximum Gasteiger partial charge on any atom is 0.244 e. The summed E-state index contributed by atoms with van der Waals surface area (Å²) in [5, 5.41) is 5.29. The van der Waals surface area contributed by atoms with Crippen LogP contribution in [0.25, 0.3) is 10.9 Å². The Morgan fingerprint density at radius 2 is 2.00 bits per heavy atom. The second-order valence-electron chi connectivity index (χ2n) is 6.04. The summed E-state index contributed by atoms with van der Waals surface area (Å²) in [5.74, 6) is 0.124. The molecule has 4 nitrogen and oxygen atoms in total. The molecule has 4 rings (SSSR count). The molecule has 2 aromatic carbocycles. The van der Waals surface area contributed by atoms with Gasteiger partial charge in [0.25, 0.3) is 0 Å². The van der Waals surface area contributed by atoms with Crippen LogP contribution in [-0.4, -0.2) is 23.5 Å². The fourth-order valence-electron chi connectivity index (χ4n) is 3.28. The number of amides is 1. The first kappa shape index (κ1) is 15.2. The normalized spacial score (nSPS) is 17.8. The molecule has 1 amide bonds. The lowest BCUT2D eigenvalue weighted by molar-refractivity contribution is -0.118. The van der Waals surface area contributed by atoms with Gasteiger partial charge in [-0.25, -0.2) is 0 Å². The van der Waals surface area contributed by atoms with Crippen LogP contribution >= 0.6 is 11.6 Å². The average Bonchev–Trinajstić information content (AvgIpc) is 3.21. The van der Waals surface area contributed by atoms with E-state index in [0.717, 1.165) is 24.2 Å². The second kappa shape index (κ2) is 6.30. The number of H-pyrrole nitrogens is 1. The molecule has 24 heavy (non-hydrogen) atoms. The molecule has 1 atom stereocenters. The Morgan fingerprint density at radius 3 is 2.83 bits per heavy atom. The molecule has 0 bridgehead atoms. The molecular weight excluding hydrogens is 322 g/mol. The highest BCUT2D eigenvalue weighted by atomic mass is 35.5. The van der Waals surface area contributed by atoms with E-state index in [0.29, 0.717) is 11.6 Å². The molecule has 3 aromatic rings. The highest BCUT2D eigenvalue weighted by Crippen LogP contribution is 2.24. The molecule has 1 aliphatic heterocycles. The number of rotatable bonds is 4. The number of benzene rings is 2. The first-order valence-corrected chi connectivity index (χ1v) is 8.45. The first-order valence-electron chi connectivity index (χ1n) is 8.08. The summed E-state index contributed by atoms with van der Waals surface area (Å²) in [4.78, 5) is 17.7. The van der Waals surface area contributed by atoms with Gasteiger partial charge in [0.05, 0.1) is 6.04 Å². The number of carbonyl (C=O) groups is 1. The maximum atomic E-state index is 12.6. The van der Waals surface area contributed by atoms with Crippen molar-refractivity contribution in [3.05, 3.63) is 65.3 Å². The van der Waals surface area contributed by atoms with Gasteiger partial charge in [0.1, 0.15) is 0 Å². The van der Waals surface area contributed by atoms with Gasteiger partial charge in [-0.2, -0.15) is 0 Å². The molecule has 0 radical (unpaired) electrons. The SMILES string of the molecule is O=C1[C@H](NCc2cccc3[nH]ccc23)CCN1c1ccc(Cl)cc1. The van der Waals surface area contributed by atoms with Gasteiger partial charge in [-0.15, -0.1) is 0 Å². The van der Waals surface area contributed by atoms with E-state index in [2.05, 4.69) is 28.5 Å². The molecule has 0 spiro atoms. The van der Waals surface area contributed by atoms with Crippen molar-refractivity contribution < 1.29 is 4.79 Å². The zero-order chi connectivity index (χ0) is 16.5. The number of fused-ring (bicyclic) bond motifs is 1. The number of halogens is 1. The predicted molar refractivity (Wildman–Crippen MR) is 97.3 cm³/mol. The summed E-state index contributed by atoms with van der Waals surface area (Å²) in [6.07, 6.45) is 2.75. The molecule has 122 valence electrons. The Balaban J connectivity index is 1.45. The highest BCUT2D eigenvalue weighted by molar-refractivity contribution is 6.30. The average molecular weight is 340 g/mol. The molecule has 1 aromatic heterocycles. The van der Waals surface area contributed by atoms with Gasteiger partial charge in [-0.05, 0) is 48.4 Å². The number of aromatic nitrogens is 1. The summed E-state index contributed by atoms with van der Waals surface area (Å²) < 4.78 is 0. The topological polar surface area (TPSA) is 48.1 Å². The predicted octanol–water partition coefficient (Wildman–Crippen LogP) is 3.72. The third-order valence-electron chi connectivity index (χ3n) is 4.57. The number of carbonyl (C=O) groups excluding carboxylic acids is 1. The summed E-state index contributed by atoms with van der Waals surface area (Å²) in [6, 6.07) is 15.5. The van der Waals surface area contributed by atoms with Crippen LogP contribution in [0.1, 0.15) is 12.0 Å². The Bertz CT molecular complexity index is 872. The van der Waals surface area contributed by atoms with Crippen LogP contribution in [0.4, 0.5) is 5.69 Å². The first-order chi connectivity index (χ1) is 11.7. The lowest BCUT2D eigenvalue weighted by atomic mass is 10.1. The van der Waals surface area contributed by atoms with Crippen LogP contribution in [0.3, 0.4) is 0 Å². The number of hydrogen-bond acceptors (Lipinski definition) is 2. The van der Waals surface area contributed by atoms with E-state index in [-0.39, 0.29) is 11.9 Å². The van der Waals surface area contributed by atoms with Gasteiger partial charge in [-0.3, -0.25) is 4.79 Å². The molecule has 5 heteroatoms. The quantitative estimate of drug-likeness (QED) is 0.761. The molecule has 1 aliphatic rings. The Hall–Kier alpha value is -2.30. The van der Waals surface area contributed by atoms with E-state index in [4.69, 9.17) is 11.6 Å². The maximum absolute atomic E-state index is 12.6. The lowest BCUT2D eigenvalue weighted by Crippen LogP contribution is -2.38. The van der Waals surface area contributed by atoms with Crippen LogP contribution in [0.2, 0.25) is 5.02 Å². The zero-order valence-corrected chi connectivity index (χ0v) is 13.9. The standard InChI is InChI=1S/C19H18ClN3O/c20-14-4-6-15(7-5-14)23-11-9-18(19(23)24)22-12-13-2-1-3-17-16(13)8-10-21-17/h1-8,10,18,21-22H,9,11-12H2/t18-/m1/s1. The Morgan fingerprint density at radius 1 is 1.17 bits per heavy atom. The minimum atomic E-state index is -0.144. The second-order valence-corrected chi connectivity index (χ2v) is 6.48. The van der Waals surface area contributed by atoms with Crippen molar-refractivity contribution in [2.75, 3.05) is 11.4 Å². The summed E-state index contributed by atoms with van der Waals surface area (Å²) >= 11 is 5.92. The summed E-state index contributed by atoms with van der Waals surface area (Å²) in [7, 11) is 0. The Kier molecular flexibility index (Phi) is 4.00. The van der Waals surface area contributed by atoms with Gasteiger partial charge in [-0.1, -0.05) is 23.7 Å². The molecule has 1 fully saturated rings. The zero-order valence-electron chi connectivity index (χ0n) is 13.1. The van der Waals surface area contributed by atoms with Crippen molar-refractivity contribution in [1.82, 2.24) is 10.3 Å². The van der Waals surface area contributed by atoms with Gasteiger partial charge >= 0.3 is 0 Å². The molecule has 0 saturated carbocycles.